The number of furan rings is 1. The van der Waals surface area contributed by atoms with Crippen LogP contribution in [0, 0.1) is 15.5 Å². The monoisotopic (exact) mass is 196 g/mol. The van der Waals surface area contributed by atoms with E-state index in [1.54, 1.807) is 6.07 Å². The molecule has 0 aliphatic heterocycles. The van der Waals surface area contributed by atoms with Gasteiger partial charge in [-0.25, -0.2) is 0 Å². The predicted molar refractivity (Wildman–Crippen MR) is 49.9 cm³/mol. The van der Waals surface area contributed by atoms with E-state index in [9.17, 15) is 10.1 Å². The lowest BCUT2D eigenvalue weighted by molar-refractivity contribution is -0.402. The van der Waals surface area contributed by atoms with Crippen LogP contribution in [0.2, 0.25) is 0 Å². The Kier molecular flexibility index (Phi) is 1.69. The van der Waals surface area contributed by atoms with Crippen LogP contribution in [0.4, 0.5) is 5.88 Å². The van der Waals surface area contributed by atoms with Gasteiger partial charge in [-0.2, -0.15) is 0 Å². The van der Waals surface area contributed by atoms with E-state index in [0.29, 0.717) is 5.76 Å². The highest BCUT2D eigenvalue weighted by molar-refractivity contribution is 5.31. The first-order valence-corrected chi connectivity index (χ1v) is 4.44. The molecule has 1 fully saturated rings. The Balaban J connectivity index is 2.24. The van der Waals surface area contributed by atoms with E-state index in [0.717, 1.165) is 0 Å². The lowest BCUT2D eigenvalue weighted by Gasteiger charge is -1.96. The molecule has 1 aromatic heterocycles. The van der Waals surface area contributed by atoms with Crippen molar-refractivity contribution in [1.29, 1.82) is 0 Å². The van der Waals surface area contributed by atoms with Gasteiger partial charge in [-0.3, -0.25) is 10.1 Å². The molecule has 1 saturated carbocycles. The van der Waals surface area contributed by atoms with Crippen LogP contribution >= 0.6 is 0 Å². The Bertz CT molecular complexity index is 383. The smallest absolute Gasteiger partial charge is 0.405 e. The maximum atomic E-state index is 10.4. The molecular formula is C9H12N2O3. The Morgan fingerprint density at radius 3 is 2.50 bits per heavy atom. The molecule has 1 heterocycles. The summed E-state index contributed by atoms with van der Waals surface area (Å²) in [7, 11) is 0. The fourth-order valence-corrected chi connectivity index (χ4v) is 1.83. The van der Waals surface area contributed by atoms with E-state index in [-0.39, 0.29) is 23.3 Å². The first kappa shape index (κ1) is 9.21. The fraction of sp³-hybridized carbons (Fsp3) is 0.556. The number of nitro groups is 1. The summed E-state index contributed by atoms with van der Waals surface area (Å²) < 4.78 is 5.10. The molecule has 0 radical (unpaired) electrons. The summed E-state index contributed by atoms with van der Waals surface area (Å²) in [5.74, 6) is 0.514. The van der Waals surface area contributed by atoms with Gasteiger partial charge in [0, 0.05) is 12.0 Å². The molecule has 0 aromatic carbocycles. The van der Waals surface area contributed by atoms with Crippen molar-refractivity contribution in [2.24, 2.45) is 11.1 Å². The third kappa shape index (κ3) is 1.13. The third-order valence-corrected chi connectivity index (χ3v) is 3.01. The molecule has 76 valence electrons. The zero-order valence-electron chi connectivity index (χ0n) is 8.06. The standard InChI is InChI=1S/C9H12N2O3/c1-9(2)7(8(9)10)5-3-4-6(14-5)11(12)13/h3-4,7-8H,10H2,1-2H3/t7-,8-/m0/s1. The Morgan fingerprint density at radius 1 is 1.57 bits per heavy atom. The molecule has 1 aliphatic rings. The summed E-state index contributed by atoms with van der Waals surface area (Å²) in [5, 5.41) is 10.4. The second-order valence-electron chi connectivity index (χ2n) is 4.26. The van der Waals surface area contributed by atoms with Crippen molar-refractivity contribution in [2.45, 2.75) is 25.8 Å². The zero-order chi connectivity index (χ0) is 10.5. The maximum absolute atomic E-state index is 10.4. The van der Waals surface area contributed by atoms with Gasteiger partial charge in [0.1, 0.15) is 10.7 Å². The lowest BCUT2D eigenvalue weighted by Crippen LogP contribution is -2.06. The van der Waals surface area contributed by atoms with E-state index in [2.05, 4.69) is 0 Å². The lowest BCUT2D eigenvalue weighted by atomic mass is 10.1. The van der Waals surface area contributed by atoms with Gasteiger partial charge in [-0.1, -0.05) is 13.8 Å². The second-order valence-corrected chi connectivity index (χ2v) is 4.26. The molecule has 0 spiro atoms. The van der Waals surface area contributed by atoms with Crippen molar-refractivity contribution >= 4 is 5.88 Å². The largest absolute Gasteiger partial charge is 0.433 e. The molecular weight excluding hydrogens is 184 g/mol. The van der Waals surface area contributed by atoms with Gasteiger partial charge in [0.2, 0.25) is 0 Å². The molecule has 2 N–H and O–H groups in total. The van der Waals surface area contributed by atoms with Crippen LogP contribution < -0.4 is 5.73 Å². The molecule has 0 amide bonds. The summed E-state index contributed by atoms with van der Waals surface area (Å²) >= 11 is 0. The van der Waals surface area contributed by atoms with Crippen molar-refractivity contribution in [3.63, 3.8) is 0 Å². The quantitative estimate of drug-likeness (QED) is 0.575. The highest BCUT2D eigenvalue weighted by atomic mass is 16.6. The molecule has 1 aliphatic carbocycles. The maximum Gasteiger partial charge on any atom is 0.433 e. The van der Waals surface area contributed by atoms with Gasteiger partial charge in [-0.05, 0) is 11.5 Å². The van der Waals surface area contributed by atoms with Crippen molar-refractivity contribution in [1.82, 2.24) is 0 Å². The van der Waals surface area contributed by atoms with Gasteiger partial charge < -0.3 is 10.2 Å². The summed E-state index contributed by atoms with van der Waals surface area (Å²) in [6, 6.07) is 3.04. The minimum absolute atomic E-state index is 0.00821. The van der Waals surface area contributed by atoms with Crippen LogP contribution in [-0.2, 0) is 0 Å². The van der Waals surface area contributed by atoms with E-state index in [4.69, 9.17) is 10.2 Å². The van der Waals surface area contributed by atoms with Crippen LogP contribution in [0.3, 0.4) is 0 Å². The molecule has 5 heteroatoms. The highest BCUT2D eigenvalue weighted by Crippen LogP contribution is 2.57. The molecule has 0 saturated heterocycles. The average molecular weight is 196 g/mol. The van der Waals surface area contributed by atoms with Crippen molar-refractivity contribution < 1.29 is 9.34 Å². The summed E-state index contributed by atoms with van der Waals surface area (Å²) in [6.45, 7) is 4.05. The van der Waals surface area contributed by atoms with Gasteiger partial charge in [-0.15, -0.1) is 0 Å². The normalized spacial score (nSPS) is 28.8. The van der Waals surface area contributed by atoms with Crippen molar-refractivity contribution in [3.8, 4) is 0 Å². The number of hydrogen-bond acceptors (Lipinski definition) is 4. The summed E-state index contributed by atoms with van der Waals surface area (Å²) in [5.41, 5.74) is 5.82. The van der Waals surface area contributed by atoms with Crippen LogP contribution in [-0.4, -0.2) is 11.0 Å². The van der Waals surface area contributed by atoms with Crippen LogP contribution in [0.1, 0.15) is 25.5 Å². The Hall–Kier alpha value is -1.36. The molecule has 1 aromatic rings. The van der Waals surface area contributed by atoms with Gasteiger partial charge >= 0.3 is 5.88 Å². The minimum atomic E-state index is -0.537. The minimum Gasteiger partial charge on any atom is -0.405 e. The van der Waals surface area contributed by atoms with Crippen LogP contribution in [0.15, 0.2) is 16.5 Å². The zero-order valence-corrected chi connectivity index (χ0v) is 8.06. The van der Waals surface area contributed by atoms with E-state index >= 15 is 0 Å². The summed E-state index contributed by atoms with van der Waals surface area (Å²) in [4.78, 5) is 9.84. The van der Waals surface area contributed by atoms with E-state index in [1.807, 2.05) is 13.8 Å². The fourth-order valence-electron chi connectivity index (χ4n) is 1.83. The average Bonchev–Trinajstić information content (AvgIpc) is 2.55. The Morgan fingerprint density at radius 2 is 2.14 bits per heavy atom. The van der Waals surface area contributed by atoms with Crippen molar-refractivity contribution in [2.75, 3.05) is 0 Å². The highest BCUT2D eigenvalue weighted by Gasteiger charge is 2.58. The SMILES string of the molecule is CC1(C)[C@@H](N)[C@@H]1c1ccc([N+](=O)[O-])o1. The van der Waals surface area contributed by atoms with Crippen molar-refractivity contribution in [3.05, 3.63) is 28.0 Å². The van der Waals surface area contributed by atoms with Crippen LogP contribution in [0.5, 0.6) is 0 Å². The second kappa shape index (κ2) is 2.57. The predicted octanol–water partition coefficient (Wildman–Crippen LogP) is 1.64. The number of nitrogens with two attached hydrogens (primary N) is 1. The van der Waals surface area contributed by atoms with Crippen LogP contribution in [0.25, 0.3) is 0 Å². The first-order chi connectivity index (χ1) is 6.44. The third-order valence-electron chi connectivity index (χ3n) is 3.01. The molecule has 2 atom stereocenters. The number of hydrogen-bond donors (Lipinski definition) is 1. The Labute approximate surface area is 81.0 Å². The van der Waals surface area contributed by atoms with Gasteiger partial charge in [0.15, 0.2) is 0 Å². The van der Waals surface area contributed by atoms with E-state index < -0.39 is 4.92 Å². The number of rotatable bonds is 2. The number of nitrogens with zero attached hydrogens (tertiary/aromatic N) is 1. The van der Waals surface area contributed by atoms with Gasteiger partial charge in [0.25, 0.3) is 0 Å². The summed E-state index contributed by atoms with van der Waals surface area (Å²) in [6.07, 6.45) is 0. The van der Waals surface area contributed by atoms with Gasteiger partial charge in [0.05, 0.1) is 6.07 Å². The molecule has 5 nitrogen and oxygen atoms in total. The molecule has 2 rings (SSSR count). The van der Waals surface area contributed by atoms with E-state index in [1.165, 1.54) is 6.07 Å². The molecule has 0 unspecified atom stereocenters. The molecule has 14 heavy (non-hydrogen) atoms. The molecule has 0 bridgehead atoms. The first-order valence-electron chi connectivity index (χ1n) is 4.44. The topological polar surface area (TPSA) is 82.3 Å².